The van der Waals surface area contributed by atoms with E-state index in [0.29, 0.717) is 0 Å². The lowest BCUT2D eigenvalue weighted by molar-refractivity contribution is -0.166. The summed E-state index contributed by atoms with van der Waals surface area (Å²) in [6, 6.07) is -1.12. The predicted octanol–water partition coefficient (Wildman–Crippen LogP) is 1.05. The first-order valence-corrected chi connectivity index (χ1v) is 7.42. The first-order valence-electron chi connectivity index (χ1n) is 7.42. The van der Waals surface area contributed by atoms with Crippen LogP contribution >= 0.6 is 0 Å². The van der Waals surface area contributed by atoms with Crippen molar-refractivity contribution in [3.05, 3.63) is 0 Å². The Morgan fingerprint density at radius 3 is 2.04 bits per heavy atom. The van der Waals surface area contributed by atoms with Crippen LogP contribution < -0.4 is 5.32 Å². The van der Waals surface area contributed by atoms with Gasteiger partial charge < -0.3 is 33.7 Å². The van der Waals surface area contributed by atoms with E-state index in [2.05, 4.69) is 5.32 Å². The fraction of sp³-hybridized carbons (Fsp3) is 0.867. The molecule has 0 aromatic rings. The van der Waals surface area contributed by atoms with Gasteiger partial charge in [-0.05, 0) is 20.8 Å². The van der Waals surface area contributed by atoms with E-state index in [1.165, 1.54) is 28.4 Å². The minimum atomic E-state index is -1.12. The molecule has 0 aliphatic carbocycles. The number of hydrogen-bond donors (Lipinski definition) is 1. The van der Waals surface area contributed by atoms with E-state index >= 15 is 0 Å². The number of ether oxygens (including phenoxy) is 6. The first-order chi connectivity index (χ1) is 11.2. The topological polar surface area (TPSA) is 102 Å². The van der Waals surface area contributed by atoms with Gasteiger partial charge in [-0.2, -0.15) is 0 Å². The predicted molar refractivity (Wildman–Crippen MR) is 84.3 cm³/mol. The van der Waals surface area contributed by atoms with E-state index in [9.17, 15) is 9.59 Å². The van der Waals surface area contributed by atoms with Gasteiger partial charge in [0, 0.05) is 27.8 Å². The molecule has 0 heterocycles. The summed E-state index contributed by atoms with van der Waals surface area (Å²) < 4.78 is 30.5. The number of amides is 1. The van der Waals surface area contributed by atoms with Crippen molar-refractivity contribution in [2.24, 2.45) is 0 Å². The number of carbonyl (C=O) groups is 2. The molecule has 0 bridgehead atoms. The van der Waals surface area contributed by atoms with Crippen LogP contribution in [-0.2, 0) is 33.2 Å². The van der Waals surface area contributed by atoms with Crippen LogP contribution in [0.4, 0.5) is 4.79 Å². The third-order valence-electron chi connectivity index (χ3n) is 2.85. The van der Waals surface area contributed by atoms with Gasteiger partial charge >= 0.3 is 12.1 Å². The molecular formula is C15H29NO8. The molecule has 2 atom stereocenters. The molecule has 0 aromatic heterocycles. The van der Waals surface area contributed by atoms with Gasteiger partial charge in [0.1, 0.15) is 12.4 Å². The molecule has 142 valence electrons. The summed E-state index contributed by atoms with van der Waals surface area (Å²) in [7, 11) is 5.56. The van der Waals surface area contributed by atoms with Crippen molar-refractivity contribution in [1.29, 1.82) is 0 Å². The van der Waals surface area contributed by atoms with Crippen molar-refractivity contribution in [2.75, 3.05) is 35.2 Å². The number of esters is 1. The number of hydrogen-bond acceptors (Lipinski definition) is 8. The highest BCUT2D eigenvalue weighted by Crippen LogP contribution is 2.14. The van der Waals surface area contributed by atoms with Crippen molar-refractivity contribution in [3.8, 4) is 0 Å². The van der Waals surface area contributed by atoms with E-state index in [-0.39, 0.29) is 13.2 Å². The maximum absolute atomic E-state index is 12.1. The van der Waals surface area contributed by atoms with Crippen molar-refractivity contribution < 1.29 is 38.0 Å². The highest BCUT2D eigenvalue weighted by atomic mass is 16.7. The molecule has 9 nitrogen and oxygen atoms in total. The Kier molecular flexibility index (Phi) is 10.5. The highest BCUT2D eigenvalue weighted by Gasteiger charge is 2.35. The average molecular weight is 351 g/mol. The van der Waals surface area contributed by atoms with Crippen LogP contribution in [0.2, 0.25) is 0 Å². The zero-order valence-corrected chi connectivity index (χ0v) is 15.4. The van der Waals surface area contributed by atoms with Crippen molar-refractivity contribution in [1.82, 2.24) is 5.32 Å². The third kappa shape index (κ3) is 9.02. The van der Waals surface area contributed by atoms with Gasteiger partial charge in [-0.25, -0.2) is 9.59 Å². The molecule has 0 aromatic carbocycles. The Hall–Kier alpha value is -1.42. The van der Waals surface area contributed by atoms with E-state index in [1.807, 2.05) is 0 Å². The second-order valence-electron chi connectivity index (χ2n) is 5.90. The number of alkyl carbamates (subject to hydrolysis) is 1. The van der Waals surface area contributed by atoms with Crippen LogP contribution in [-0.4, -0.2) is 71.3 Å². The number of rotatable bonds is 10. The maximum atomic E-state index is 12.1. The van der Waals surface area contributed by atoms with E-state index in [1.54, 1.807) is 20.8 Å². The summed E-state index contributed by atoms with van der Waals surface area (Å²) in [4.78, 5) is 24.1. The molecule has 1 amide bonds. The van der Waals surface area contributed by atoms with E-state index < -0.39 is 36.1 Å². The molecule has 0 aliphatic rings. The van der Waals surface area contributed by atoms with Gasteiger partial charge in [0.05, 0.1) is 13.2 Å². The monoisotopic (exact) mass is 351 g/mol. The Bertz CT molecular complexity index is 378. The summed E-state index contributed by atoms with van der Waals surface area (Å²) >= 11 is 0. The molecular weight excluding hydrogens is 322 g/mol. The van der Waals surface area contributed by atoms with Crippen LogP contribution in [0, 0.1) is 0 Å². The van der Waals surface area contributed by atoms with Gasteiger partial charge in [0.2, 0.25) is 0 Å². The summed E-state index contributed by atoms with van der Waals surface area (Å²) in [5.74, 6) is -0.687. The van der Waals surface area contributed by atoms with Crippen LogP contribution in [0.5, 0.6) is 0 Å². The Morgan fingerprint density at radius 2 is 1.62 bits per heavy atom. The molecule has 1 N–H and O–H groups in total. The second kappa shape index (κ2) is 11.2. The Morgan fingerprint density at radius 1 is 1.04 bits per heavy atom. The smallest absolute Gasteiger partial charge is 0.408 e. The van der Waals surface area contributed by atoms with Crippen molar-refractivity contribution >= 4 is 12.1 Å². The van der Waals surface area contributed by atoms with Gasteiger partial charge in [0.15, 0.2) is 12.3 Å². The largest absolute Gasteiger partial charge is 0.467 e. The Labute approximate surface area is 142 Å². The minimum absolute atomic E-state index is 0.0890. The summed E-state index contributed by atoms with van der Waals surface area (Å²) in [5.41, 5.74) is -0.713. The standard InChI is InChI=1S/C15H29NO8/c1-15(2,3)24-14(18)16-12(13(17)22-7)10(23-9-19-4)8-11(20-5)21-6/h10-12H,8-9H2,1-7H3,(H,16,18)/t10-,12-/m0/s1. The summed E-state index contributed by atoms with van der Waals surface area (Å²) in [6.07, 6.45) is -2.06. The second-order valence-corrected chi connectivity index (χ2v) is 5.90. The minimum Gasteiger partial charge on any atom is -0.467 e. The lowest BCUT2D eigenvalue weighted by Crippen LogP contribution is -2.52. The molecule has 0 radical (unpaired) electrons. The Balaban J connectivity index is 5.20. The normalized spacial score (nSPS) is 14.2. The molecule has 0 saturated heterocycles. The average Bonchev–Trinajstić information content (AvgIpc) is 2.51. The zero-order valence-electron chi connectivity index (χ0n) is 15.4. The fourth-order valence-corrected chi connectivity index (χ4v) is 1.80. The number of nitrogens with one attached hydrogen (secondary N) is 1. The molecule has 0 unspecified atom stereocenters. The van der Waals surface area contributed by atoms with Crippen molar-refractivity contribution in [3.63, 3.8) is 0 Å². The zero-order chi connectivity index (χ0) is 18.8. The lowest BCUT2D eigenvalue weighted by Gasteiger charge is -2.29. The van der Waals surface area contributed by atoms with Crippen LogP contribution in [0.15, 0.2) is 0 Å². The van der Waals surface area contributed by atoms with Gasteiger partial charge in [-0.3, -0.25) is 0 Å². The van der Waals surface area contributed by atoms with Gasteiger partial charge in [-0.1, -0.05) is 0 Å². The molecule has 24 heavy (non-hydrogen) atoms. The molecule has 9 heteroatoms. The quantitative estimate of drug-likeness (QED) is 0.460. The van der Waals surface area contributed by atoms with Gasteiger partial charge in [-0.15, -0.1) is 0 Å². The summed E-state index contributed by atoms with van der Waals surface area (Å²) in [5, 5.41) is 2.46. The van der Waals surface area contributed by atoms with Crippen LogP contribution in [0.3, 0.4) is 0 Å². The van der Waals surface area contributed by atoms with E-state index in [4.69, 9.17) is 28.4 Å². The van der Waals surface area contributed by atoms with Crippen LogP contribution in [0.25, 0.3) is 0 Å². The molecule has 0 rings (SSSR count). The number of methoxy groups -OCH3 is 4. The maximum Gasteiger partial charge on any atom is 0.408 e. The van der Waals surface area contributed by atoms with Gasteiger partial charge in [0.25, 0.3) is 0 Å². The summed E-state index contributed by atoms with van der Waals surface area (Å²) in [6.45, 7) is 5.05. The highest BCUT2D eigenvalue weighted by molar-refractivity contribution is 5.82. The molecule has 0 saturated carbocycles. The fourth-order valence-electron chi connectivity index (χ4n) is 1.80. The molecule has 0 aliphatic heterocycles. The lowest BCUT2D eigenvalue weighted by atomic mass is 10.1. The first kappa shape index (κ1) is 22.6. The molecule has 0 fully saturated rings. The molecule has 0 spiro atoms. The SMILES string of the molecule is COCO[C@@H](CC(OC)OC)[C@H](NC(=O)OC(C)(C)C)C(=O)OC. The number of carbonyl (C=O) groups excluding carboxylic acids is 2. The van der Waals surface area contributed by atoms with E-state index in [0.717, 1.165) is 0 Å². The van der Waals surface area contributed by atoms with Crippen LogP contribution in [0.1, 0.15) is 27.2 Å². The van der Waals surface area contributed by atoms with Crippen molar-refractivity contribution in [2.45, 2.75) is 51.2 Å². The third-order valence-corrected chi connectivity index (χ3v) is 2.85.